The summed E-state index contributed by atoms with van der Waals surface area (Å²) in [6.07, 6.45) is 3.13. The minimum atomic E-state index is -0.0292. The average molecular weight is 380 g/mol. The fourth-order valence-electron chi connectivity index (χ4n) is 4.32. The number of amides is 1. The number of aromatic nitrogens is 2. The van der Waals surface area contributed by atoms with Crippen molar-refractivity contribution in [2.24, 2.45) is 0 Å². The van der Waals surface area contributed by atoms with Gasteiger partial charge in [0.1, 0.15) is 5.69 Å². The van der Waals surface area contributed by atoms with Crippen LogP contribution in [0.5, 0.6) is 0 Å². The van der Waals surface area contributed by atoms with Crippen molar-refractivity contribution in [3.63, 3.8) is 0 Å². The summed E-state index contributed by atoms with van der Waals surface area (Å²) in [7, 11) is 0. The number of hydrogen-bond acceptors (Lipinski definition) is 5. The molecule has 28 heavy (non-hydrogen) atoms. The normalized spacial score (nSPS) is 18.3. The first-order valence-corrected chi connectivity index (χ1v) is 10.3. The lowest BCUT2D eigenvalue weighted by molar-refractivity contribution is 0.0594. The molecule has 0 spiro atoms. The Morgan fingerprint density at radius 3 is 2.54 bits per heavy atom. The van der Waals surface area contributed by atoms with E-state index in [9.17, 15) is 4.79 Å². The van der Waals surface area contributed by atoms with Gasteiger partial charge in [-0.3, -0.25) is 9.69 Å². The van der Waals surface area contributed by atoms with Crippen LogP contribution in [0, 0.1) is 0 Å². The van der Waals surface area contributed by atoms with Crippen LogP contribution in [0.15, 0.2) is 30.3 Å². The van der Waals surface area contributed by atoms with Gasteiger partial charge in [-0.15, -0.1) is 0 Å². The van der Waals surface area contributed by atoms with Crippen LogP contribution < -0.4 is 5.73 Å². The predicted octanol–water partition coefficient (Wildman–Crippen LogP) is 2.85. The molecule has 1 aromatic heterocycles. The van der Waals surface area contributed by atoms with Crippen molar-refractivity contribution in [1.82, 2.24) is 19.8 Å². The van der Waals surface area contributed by atoms with Crippen LogP contribution in [0.25, 0.3) is 0 Å². The fourth-order valence-corrected chi connectivity index (χ4v) is 4.32. The molecule has 2 aliphatic rings. The predicted molar refractivity (Wildman–Crippen MR) is 110 cm³/mol. The van der Waals surface area contributed by atoms with Crippen LogP contribution in [0.3, 0.4) is 0 Å². The molecule has 0 aliphatic carbocycles. The molecule has 0 atom stereocenters. The molecular formula is C22H29N5O. The summed E-state index contributed by atoms with van der Waals surface area (Å²) in [6, 6.07) is 11.1. The summed E-state index contributed by atoms with van der Waals surface area (Å²) in [5, 5.41) is 0. The number of piperidine rings is 1. The number of anilines is 1. The highest BCUT2D eigenvalue weighted by molar-refractivity contribution is 5.92. The van der Waals surface area contributed by atoms with E-state index in [1.165, 1.54) is 11.1 Å². The Kier molecular flexibility index (Phi) is 5.31. The van der Waals surface area contributed by atoms with Crippen molar-refractivity contribution in [1.29, 1.82) is 0 Å². The van der Waals surface area contributed by atoms with Gasteiger partial charge in [-0.2, -0.15) is 0 Å². The summed E-state index contributed by atoms with van der Waals surface area (Å²) >= 11 is 0. The molecule has 0 unspecified atom stereocenters. The standard InChI is InChI=1S/C22H29N5O/c1-15(2)19-13-20(25-22(23)24-19)21(28)26-11-8-18(9-12-26)27-10-7-16-5-3-4-6-17(16)14-27/h3-6,13,15,18H,7-12,14H2,1-2H3,(H2,23,24,25). The van der Waals surface area contributed by atoms with Gasteiger partial charge in [-0.1, -0.05) is 38.1 Å². The van der Waals surface area contributed by atoms with Gasteiger partial charge < -0.3 is 10.6 Å². The first-order chi connectivity index (χ1) is 13.5. The second-order valence-corrected chi connectivity index (χ2v) is 8.20. The molecule has 2 aromatic rings. The van der Waals surface area contributed by atoms with Gasteiger partial charge in [-0.25, -0.2) is 9.97 Å². The van der Waals surface area contributed by atoms with Gasteiger partial charge in [0.25, 0.3) is 5.91 Å². The molecule has 3 heterocycles. The highest BCUT2D eigenvalue weighted by atomic mass is 16.2. The highest BCUT2D eigenvalue weighted by Crippen LogP contribution is 2.25. The van der Waals surface area contributed by atoms with E-state index in [-0.39, 0.29) is 17.8 Å². The molecule has 1 aromatic carbocycles. The summed E-state index contributed by atoms with van der Waals surface area (Å²) in [4.78, 5) is 25.9. The number of hydrogen-bond donors (Lipinski definition) is 1. The molecule has 1 amide bonds. The minimum Gasteiger partial charge on any atom is -0.368 e. The molecule has 0 bridgehead atoms. The molecule has 2 aliphatic heterocycles. The number of benzene rings is 1. The van der Waals surface area contributed by atoms with Crippen molar-refractivity contribution in [3.05, 3.63) is 52.8 Å². The second kappa shape index (κ2) is 7.87. The number of carbonyl (C=O) groups excluding carboxylic acids is 1. The fraction of sp³-hybridized carbons (Fsp3) is 0.500. The minimum absolute atomic E-state index is 0.0292. The van der Waals surface area contributed by atoms with E-state index in [1.807, 2.05) is 18.7 Å². The summed E-state index contributed by atoms with van der Waals surface area (Å²) in [5.41, 5.74) is 9.99. The topological polar surface area (TPSA) is 75.4 Å². The first kappa shape index (κ1) is 18.9. The van der Waals surface area contributed by atoms with E-state index < -0.39 is 0 Å². The van der Waals surface area contributed by atoms with Crippen molar-refractivity contribution in [3.8, 4) is 0 Å². The maximum Gasteiger partial charge on any atom is 0.272 e. The van der Waals surface area contributed by atoms with Gasteiger partial charge in [0.15, 0.2) is 0 Å². The van der Waals surface area contributed by atoms with Gasteiger partial charge in [0.05, 0.1) is 0 Å². The zero-order chi connectivity index (χ0) is 19.7. The molecule has 4 rings (SSSR count). The van der Waals surface area contributed by atoms with Crippen molar-refractivity contribution < 1.29 is 4.79 Å². The number of nitrogen functional groups attached to an aromatic ring is 1. The Morgan fingerprint density at radius 1 is 1.11 bits per heavy atom. The van der Waals surface area contributed by atoms with E-state index >= 15 is 0 Å². The van der Waals surface area contributed by atoms with E-state index in [0.29, 0.717) is 11.7 Å². The largest absolute Gasteiger partial charge is 0.368 e. The number of fused-ring (bicyclic) bond motifs is 1. The van der Waals surface area contributed by atoms with Crippen LogP contribution in [0.1, 0.15) is 59.9 Å². The number of nitrogens with zero attached hydrogens (tertiary/aromatic N) is 4. The molecule has 6 heteroatoms. The number of carbonyl (C=O) groups is 1. The lowest BCUT2D eigenvalue weighted by atomic mass is 9.95. The third kappa shape index (κ3) is 3.87. The lowest BCUT2D eigenvalue weighted by Gasteiger charge is -2.40. The van der Waals surface area contributed by atoms with E-state index in [2.05, 4.69) is 39.1 Å². The van der Waals surface area contributed by atoms with Crippen LogP contribution in [0.2, 0.25) is 0 Å². The van der Waals surface area contributed by atoms with E-state index in [4.69, 9.17) is 5.73 Å². The van der Waals surface area contributed by atoms with E-state index in [0.717, 1.165) is 51.1 Å². The highest BCUT2D eigenvalue weighted by Gasteiger charge is 2.30. The van der Waals surface area contributed by atoms with Crippen LogP contribution >= 0.6 is 0 Å². The average Bonchev–Trinajstić information content (AvgIpc) is 2.72. The van der Waals surface area contributed by atoms with Crippen molar-refractivity contribution in [2.45, 2.75) is 51.6 Å². The number of likely N-dealkylation sites (tertiary alicyclic amines) is 1. The maximum absolute atomic E-state index is 12.9. The third-order valence-corrected chi connectivity index (χ3v) is 6.00. The van der Waals surface area contributed by atoms with E-state index in [1.54, 1.807) is 6.07 Å². The molecule has 1 saturated heterocycles. The van der Waals surface area contributed by atoms with Gasteiger partial charge in [-0.05, 0) is 42.4 Å². The van der Waals surface area contributed by atoms with Crippen LogP contribution in [-0.2, 0) is 13.0 Å². The lowest BCUT2D eigenvalue weighted by Crippen LogP contribution is -2.48. The van der Waals surface area contributed by atoms with Crippen LogP contribution in [-0.4, -0.2) is 51.4 Å². The zero-order valence-corrected chi connectivity index (χ0v) is 16.8. The van der Waals surface area contributed by atoms with Gasteiger partial charge in [0, 0.05) is 37.9 Å². The quantitative estimate of drug-likeness (QED) is 0.887. The Bertz CT molecular complexity index is 858. The van der Waals surface area contributed by atoms with Crippen molar-refractivity contribution in [2.75, 3.05) is 25.4 Å². The summed E-state index contributed by atoms with van der Waals surface area (Å²) in [5.74, 6) is 0.361. The Hall–Kier alpha value is -2.47. The number of nitrogens with two attached hydrogens (primary N) is 1. The molecule has 1 fully saturated rings. The SMILES string of the molecule is CC(C)c1cc(C(=O)N2CCC(N3CCc4ccccc4C3)CC2)nc(N)n1. The molecule has 2 N–H and O–H groups in total. The van der Waals surface area contributed by atoms with Gasteiger partial charge in [0.2, 0.25) is 5.95 Å². The smallest absolute Gasteiger partial charge is 0.272 e. The second-order valence-electron chi connectivity index (χ2n) is 8.20. The maximum atomic E-state index is 12.9. The third-order valence-electron chi connectivity index (χ3n) is 6.00. The van der Waals surface area contributed by atoms with Gasteiger partial charge >= 0.3 is 0 Å². The molecular weight excluding hydrogens is 350 g/mol. The molecule has 0 radical (unpaired) electrons. The monoisotopic (exact) mass is 379 g/mol. The van der Waals surface area contributed by atoms with Crippen LogP contribution in [0.4, 0.5) is 5.95 Å². The molecule has 6 nitrogen and oxygen atoms in total. The first-order valence-electron chi connectivity index (χ1n) is 10.3. The summed E-state index contributed by atoms with van der Waals surface area (Å²) in [6.45, 7) is 7.74. The summed E-state index contributed by atoms with van der Waals surface area (Å²) < 4.78 is 0. The zero-order valence-electron chi connectivity index (χ0n) is 16.8. The number of rotatable bonds is 3. The Morgan fingerprint density at radius 2 is 1.82 bits per heavy atom. The Labute approximate surface area is 166 Å². The molecule has 0 saturated carbocycles. The molecule has 148 valence electrons. The van der Waals surface area contributed by atoms with Crippen molar-refractivity contribution >= 4 is 11.9 Å². The Balaban J connectivity index is 1.39.